The molecule has 0 spiro atoms. The van der Waals surface area contributed by atoms with Crippen molar-refractivity contribution in [3.05, 3.63) is 45.6 Å². The number of aromatic nitrogens is 2. The normalized spacial score (nSPS) is 18.0. The Bertz CT molecular complexity index is 917. The lowest BCUT2D eigenvalue weighted by molar-refractivity contribution is 0.0947. The summed E-state index contributed by atoms with van der Waals surface area (Å²) >= 11 is 2.89. The molecule has 1 amide bonds. The quantitative estimate of drug-likeness (QED) is 0.713. The molecule has 4 rings (SSSR count). The van der Waals surface area contributed by atoms with Gasteiger partial charge >= 0.3 is 0 Å². The van der Waals surface area contributed by atoms with E-state index in [1.54, 1.807) is 11.3 Å². The number of fused-ring (bicyclic) bond motifs is 1. The summed E-state index contributed by atoms with van der Waals surface area (Å²) in [6, 6.07) is 11.0. The third-order valence-corrected chi connectivity index (χ3v) is 6.41. The Morgan fingerprint density at radius 2 is 2.12 bits per heavy atom. The molecule has 1 fully saturated rings. The van der Waals surface area contributed by atoms with Crippen molar-refractivity contribution in [3.8, 4) is 0 Å². The number of benzene rings is 1. The van der Waals surface area contributed by atoms with Gasteiger partial charge < -0.3 is 5.32 Å². The maximum atomic E-state index is 12.2. The van der Waals surface area contributed by atoms with Gasteiger partial charge in [0, 0.05) is 23.5 Å². The van der Waals surface area contributed by atoms with Crippen molar-refractivity contribution >= 4 is 40.0 Å². The van der Waals surface area contributed by atoms with Crippen molar-refractivity contribution in [2.75, 3.05) is 6.54 Å². The van der Waals surface area contributed by atoms with Gasteiger partial charge in [0.1, 0.15) is 11.0 Å². The second-order valence-corrected chi connectivity index (χ2v) is 8.69. The number of carbonyl (C=O) groups excluding carboxylic acids is 1. The molecule has 1 N–H and O–H groups in total. The Kier molecular flexibility index (Phi) is 5.02. The van der Waals surface area contributed by atoms with E-state index in [0.717, 1.165) is 35.4 Å². The van der Waals surface area contributed by atoms with Gasteiger partial charge in [0.25, 0.3) is 5.91 Å². The number of likely N-dealkylation sites (tertiary alicyclic amines) is 1. The lowest BCUT2D eigenvalue weighted by Gasteiger charge is -2.23. The highest BCUT2D eigenvalue weighted by atomic mass is 32.1. The van der Waals surface area contributed by atoms with Gasteiger partial charge in [0.15, 0.2) is 0 Å². The molecule has 3 heterocycles. The molecule has 3 aromatic rings. The average Bonchev–Trinajstić information content (AvgIpc) is 3.34. The first-order valence-corrected chi connectivity index (χ1v) is 10.5. The van der Waals surface area contributed by atoms with Crippen molar-refractivity contribution in [1.29, 1.82) is 0 Å². The van der Waals surface area contributed by atoms with E-state index in [2.05, 4.69) is 43.2 Å². The summed E-state index contributed by atoms with van der Waals surface area (Å²) in [5.74, 6) is 0.0299. The molecule has 136 valence electrons. The Morgan fingerprint density at radius 1 is 1.27 bits per heavy atom. The second kappa shape index (κ2) is 7.42. The molecule has 0 aliphatic carbocycles. The van der Waals surface area contributed by atoms with Crippen LogP contribution in [0.2, 0.25) is 0 Å². The summed E-state index contributed by atoms with van der Waals surface area (Å²) in [6.07, 6.45) is 2.34. The predicted molar refractivity (Wildman–Crippen MR) is 107 cm³/mol. The van der Waals surface area contributed by atoms with E-state index in [9.17, 15) is 4.79 Å². The van der Waals surface area contributed by atoms with Crippen LogP contribution in [0.1, 0.15) is 52.8 Å². The lowest BCUT2D eigenvalue weighted by Crippen LogP contribution is -2.29. The molecule has 1 aliphatic rings. The van der Waals surface area contributed by atoms with Crippen LogP contribution >= 0.6 is 23.1 Å². The molecule has 1 saturated heterocycles. The number of nitrogens with one attached hydrogen (secondary N) is 1. The van der Waals surface area contributed by atoms with Gasteiger partial charge in [-0.15, -0.1) is 11.3 Å². The fourth-order valence-corrected chi connectivity index (χ4v) is 5.08. The Labute approximate surface area is 161 Å². The van der Waals surface area contributed by atoms with E-state index < -0.39 is 0 Å². The van der Waals surface area contributed by atoms with Crippen LogP contribution in [-0.4, -0.2) is 32.1 Å². The topological polar surface area (TPSA) is 58.1 Å². The third kappa shape index (κ3) is 3.65. The molecule has 7 heteroatoms. The summed E-state index contributed by atoms with van der Waals surface area (Å²) in [5, 5.41) is 2.97. The average molecular weight is 387 g/mol. The van der Waals surface area contributed by atoms with E-state index >= 15 is 0 Å². The van der Waals surface area contributed by atoms with E-state index in [1.807, 2.05) is 19.9 Å². The Morgan fingerprint density at radius 3 is 2.96 bits per heavy atom. The van der Waals surface area contributed by atoms with Crippen LogP contribution in [0.5, 0.6) is 0 Å². The Balaban J connectivity index is 1.49. The van der Waals surface area contributed by atoms with Gasteiger partial charge in [0.05, 0.1) is 16.6 Å². The van der Waals surface area contributed by atoms with E-state index in [0.29, 0.717) is 6.04 Å². The first kappa shape index (κ1) is 17.6. The first-order valence-electron chi connectivity index (χ1n) is 8.96. The number of thiophene rings is 1. The van der Waals surface area contributed by atoms with Crippen molar-refractivity contribution in [1.82, 2.24) is 19.0 Å². The number of hydrogen-bond acceptors (Lipinski definition) is 6. The number of carbonyl (C=O) groups is 1. The Hall–Kier alpha value is -1.83. The van der Waals surface area contributed by atoms with Crippen molar-refractivity contribution in [3.63, 3.8) is 0 Å². The monoisotopic (exact) mass is 386 g/mol. The molecule has 2 aromatic heterocycles. The molecule has 1 aliphatic heterocycles. The van der Waals surface area contributed by atoms with E-state index in [4.69, 9.17) is 0 Å². The number of nitrogens with zero attached hydrogens (tertiary/aromatic N) is 3. The summed E-state index contributed by atoms with van der Waals surface area (Å²) in [6.45, 7) is 5.96. The van der Waals surface area contributed by atoms with E-state index in [1.165, 1.54) is 28.6 Å². The maximum Gasteiger partial charge on any atom is 0.261 e. The zero-order chi connectivity index (χ0) is 18.1. The predicted octanol–water partition coefficient (Wildman–Crippen LogP) is 4.23. The van der Waals surface area contributed by atoms with Crippen LogP contribution in [0, 0.1) is 0 Å². The van der Waals surface area contributed by atoms with Crippen LogP contribution in [0.25, 0.3) is 11.0 Å². The van der Waals surface area contributed by atoms with Gasteiger partial charge in [-0.1, -0.05) is 6.07 Å². The minimum atomic E-state index is 0.0299. The highest BCUT2D eigenvalue weighted by molar-refractivity contribution is 7.14. The van der Waals surface area contributed by atoms with Crippen LogP contribution in [0.3, 0.4) is 0 Å². The molecule has 0 radical (unpaired) electrons. The molecule has 26 heavy (non-hydrogen) atoms. The first-order chi connectivity index (χ1) is 12.6. The number of hydrogen-bond donors (Lipinski definition) is 1. The standard InChI is InChI=1S/C19H22N4OS2/c1-12(2)20-19(24)18-8-7-17(25-18)16-4-3-9-23(16)11-13-5-6-14-15(10-13)22-26-21-14/h5-8,10,12,16H,3-4,9,11H2,1-2H3,(H,20,24)/t16-/m0/s1. The van der Waals surface area contributed by atoms with Crippen LogP contribution in [0.4, 0.5) is 0 Å². The van der Waals surface area contributed by atoms with Gasteiger partial charge in [-0.2, -0.15) is 8.75 Å². The second-order valence-electron chi connectivity index (χ2n) is 7.05. The summed E-state index contributed by atoms with van der Waals surface area (Å²) in [5.41, 5.74) is 3.22. The van der Waals surface area contributed by atoms with Gasteiger partial charge in [-0.05, 0) is 63.1 Å². The highest BCUT2D eigenvalue weighted by Crippen LogP contribution is 2.37. The largest absolute Gasteiger partial charge is 0.349 e. The fourth-order valence-electron chi connectivity index (χ4n) is 3.49. The van der Waals surface area contributed by atoms with Gasteiger partial charge in [-0.25, -0.2) is 0 Å². The summed E-state index contributed by atoms with van der Waals surface area (Å²) in [4.78, 5) is 16.8. The van der Waals surface area contributed by atoms with Crippen molar-refractivity contribution < 1.29 is 4.79 Å². The zero-order valence-electron chi connectivity index (χ0n) is 14.9. The minimum Gasteiger partial charge on any atom is -0.349 e. The van der Waals surface area contributed by atoms with Gasteiger partial charge in [0.2, 0.25) is 0 Å². The zero-order valence-corrected chi connectivity index (χ0v) is 16.6. The van der Waals surface area contributed by atoms with Crippen LogP contribution < -0.4 is 5.32 Å². The molecular weight excluding hydrogens is 364 g/mol. The van der Waals surface area contributed by atoms with Gasteiger partial charge in [-0.3, -0.25) is 9.69 Å². The van der Waals surface area contributed by atoms with Crippen molar-refractivity contribution in [2.45, 2.75) is 45.3 Å². The lowest BCUT2D eigenvalue weighted by atomic mass is 10.1. The molecule has 5 nitrogen and oxygen atoms in total. The van der Waals surface area contributed by atoms with Crippen LogP contribution in [0.15, 0.2) is 30.3 Å². The van der Waals surface area contributed by atoms with Crippen molar-refractivity contribution in [2.24, 2.45) is 0 Å². The maximum absolute atomic E-state index is 12.2. The molecule has 0 unspecified atom stereocenters. The number of rotatable bonds is 5. The molecular formula is C19H22N4OS2. The summed E-state index contributed by atoms with van der Waals surface area (Å²) in [7, 11) is 0. The molecule has 0 saturated carbocycles. The molecule has 1 atom stereocenters. The van der Waals surface area contributed by atoms with E-state index in [-0.39, 0.29) is 11.9 Å². The third-order valence-electron chi connectivity index (χ3n) is 4.67. The number of amides is 1. The SMILES string of the molecule is CC(C)NC(=O)c1ccc([C@@H]2CCCN2Cc2ccc3nsnc3c2)s1. The minimum absolute atomic E-state index is 0.0299. The molecule has 0 bridgehead atoms. The highest BCUT2D eigenvalue weighted by Gasteiger charge is 2.28. The summed E-state index contributed by atoms with van der Waals surface area (Å²) < 4.78 is 8.62. The van der Waals surface area contributed by atoms with Crippen LogP contribution in [-0.2, 0) is 6.54 Å². The molecule has 1 aromatic carbocycles. The fraction of sp³-hybridized carbons (Fsp3) is 0.421. The smallest absolute Gasteiger partial charge is 0.261 e.